The molecule has 4 aromatic carbocycles. The number of anilines is 1. The number of aryl methyl sites for hydroxylation is 2. The predicted octanol–water partition coefficient (Wildman–Crippen LogP) is 13.6. The van der Waals surface area contributed by atoms with Crippen LogP contribution in [0.3, 0.4) is 0 Å². The maximum absolute atomic E-state index is 13.3. The molecule has 0 bridgehead atoms. The van der Waals surface area contributed by atoms with E-state index in [2.05, 4.69) is 83.1 Å². The average Bonchev–Trinajstić information content (AvgIpc) is 3.36. The van der Waals surface area contributed by atoms with Crippen LogP contribution in [0.4, 0.5) is 11.4 Å². The van der Waals surface area contributed by atoms with Crippen molar-refractivity contribution in [2.24, 2.45) is 22.7 Å². The molecule has 4 atom stereocenters. The zero-order valence-corrected chi connectivity index (χ0v) is 43.7. The Hall–Kier alpha value is -6.00. The van der Waals surface area contributed by atoms with E-state index in [0.29, 0.717) is 63.3 Å². The van der Waals surface area contributed by atoms with E-state index in [1.54, 1.807) is 32.4 Å². The predicted molar refractivity (Wildman–Crippen MR) is 282 cm³/mol. The molecule has 0 aliphatic heterocycles. The Kier molecular flexibility index (Phi) is 22.4. The molecule has 1 heterocycles. The standard InChI is InChI=1S/C57H73N3O7.C2H6/c1-12-21-41(28-44-24-18-16-22-42(44)14-3)34-58-51-32-55(53(64-10)30-49(51)39(8)61)66-35-46-26-20-27-47(59-46)36-67-56-33-52(50(40(9)62)31-54(56)65-11)60(37(5)6)57(63)48(38(7)13-2)29-45-25-19-17-23-43(45)15-4;1-2/h16-20,22-27,30-34,37-38,41,48,57,63H,12-15,21,28-29,35-36H2,1-11H3;1-2H3. The zero-order chi connectivity index (χ0) is 50.6. The number of carbonyl (C=O) groups excluding carboxylic acids is 2. The number of hydrogen-bond acceptors (Lipinski definition) is 10. The lowest BCUT2D eigenvalue weighted by molar-refractivity contribution is 0.0662. The third-order valence-corrected chi connectivity index (χ3v) is 12.8. The molecule has 69 heavy (non-hydrogen) atoms. The Morgan fingerprint density at radius 1 is 0.681 bits per heavy atom. The maximum atomic E-state index is 13.3. The lowest BCUT2D eigenvalue weighted by atomic mass is 9.82. The Morgan fingerprint density at radius 2 is 1.19 bits per heavy atom. The molecule has 5 rings (SSSR count). The molecule has 10 heteroatoms. The molecule has 0 spiro atoms. The number of ketones is 2. The summed E-state index contributed by atoms with van der Waals surface area (Å²) in [6.45, 7) is 22.2. The van der Waals surface area contributed by atoms with Gasteiger partial charge in [-0.2, -0.15) is 0 Å². The van der Waals surface area contributed by atoms with Crippen LogP contribution >= 0.6 is 0 Å². The molecule has 1 aromatic heterocycles. The van der Waals surface area contributed by atoms with E-state index >= 15 is 0 Å². The zero-order valence-electron chi connectivity index (χ0n) is 43.7. The fraction of sp³-hybridized carbons (Fsp3) is 0.458. The summed E-state index contributed by atoms with van der Waals surface area (Å²) in [6.07, 6.45) is 7.38. The molecule has 5 aromatic rings. The maximum Gasteiger partial charge on any atom is 0.163 e. The normalized spacial score (nSPS) is 13.0. The van der Waals surface area contributed by atoms with Crippen LogP contribution in [0.2, 0.25) is 0 Å². The molecule has 1 N–H and O–H groups in total. The lowest BCUT2D eigenvalue weighted by Crippen LogP contribution is -2.48. The van der Waals surface area contributed by atoms with Gasteiger partial charge in [0, 0.05) is 41.4 Å². The van der Waals surface area contributed by atoms with Gasteiger partial charge < -0.3 is 29.0 Å². The molecule has 0 amide bonds. The van der Waals surface area contributed by atoms with Gasteiger partial charge in [0.2, 0.25) is 0 Å². The second kappa shape index (κ2) is 27.9. The summed E-state index contributed by atoms with van der Waals surface area (Å²) in [7, 11) is 3.10. The van der Waals surface area contributed by atoms with Crippen LogP contribution in [0, 0.1) is 17.8 Å². The largest absolute Gasteiger partial charge is 0.493 e. The summed E-state index contributed by atoms with van der Waals surface area (Å²) >= 11 is 0. The number of aliphatic hydroxyl groups excluding tert-OH is 1. The minimum atomic E-state index is -0.899. The smallest absolute Gasteiger partial charge is 0.163 e. The SMILES string of the molecule is CC.CCCC(C=Nc1cc(OCc2cccc(COc3cc(N(C(C)C)C(O)C(Cc4ccccc4CC)C(C)CC)c(C(C)=O)cc3OC)n2)c(OC)cc1C(C)=O)Cc1ccccc1CC. The molecule has 0 aliphatic rings. The minimum absolute atomic E-state index is 0.0910. The van der Waals surface area contributed by atoms with E-state index in [-0.39, 0.29) is 48.6 Å². The summed E-state index contributed by atoms with van der Waals surface area (Å²) in [5.74, 6) is 1.67. The van der Waals surface area contributed by atoms with Crippen LogP contribution in [0.25, 0.3) is 0 Å². The van der Waals surface area contributed by atoms with Gasteiger partial charge in [-0.05, 0) is 118 Å². The Bertz CT molecular complexity index is 2450. The van der Waals surface area contributed by atoms with E-state index < -0.39 is 6.23 Å². The van der Waals surface area contributed by atoms with E-state index in [1.165, 1.54) is 36.1 Å². The lowest BCUT2D eigenvalue weighted by Gasteiger charge is -2.41. The van der Waals surface area contributed by atoms with Gasteiger partial charge in [-0.25, -0.2) is 0 Å². The molecule has 0 radical (unpaired) electrons. The van der Waals surface area contributed by atoms with E-state index in [9.17, 15) is 14.7 Å². The first-order valence-corrected chi connectivity index (χ1v) is 25.1. The summed E-state index contributed by atoms with van der Waals surface area (Å²) in [5.41, 5.74) is 8.43. The average molecular weight is 942 g/mol. The van der Waals surface area contributed by atoms with Gasteiger partial charge >= 0.3 is 0 Å². The van der Waals surface area contributed by atoms with Crippen LogP contribution in [-0.2, 0) is 38.9 Å². The van der Waals surface area contributed by atoms with Gasteiger partial charge in [0.05, 0.1) is 37.0 Å². The molecular weight excluding hydrogens is 863 g/mol. The van der Waals surface area contributed by atoms with Crippen molar-refractivity contribution in [1.29, 1.82) is 0 Å². The van der Waals surface area contributed by atoms with Crippen molar-refractivity contribution in [3.63, 3.8) is 0 Å². The highest BCUT2D eigenvalue weighted by Crippen LogP contribution is 2.40. The number of aliphatic imine (C=N–C) groups is 1. The van der Waals surface area contributed by atoms with Crippen molar-refractivity contribution in [3.05, 3.63) is 136 Å². The monoisotopic (exact) mass is 942 g/mol. The van der Waals surface area contributed by atoms with Crippen LogP contribution in [0.15, 0.2) is 96.0 Å². The van der Waals surface area contributed by atoms with Gasteiger partial charge in [0.15, 0.2) is 34.6 Å². The van der Waals surface area contributed by atoms with Crippen molar-refractivity contribution in [1.82, 2.24) is 4.98 Å². The molecule has 10 nitrogen and oxygen atoms in total. The molecule has 0 saturated carbocycles. The number of methoxy groups -OCH3 is 2. The quantitative estimate of drug-likeness (QED) is 0.0328. The topological polar surface area (TPSA) is 120 Å². The first kappa shape index (κ1) is 55.6. The molecular formula is C59H79N3O7. The highest BCUT2D eigenvalue weighted by atomic mass is 16.5. The van der Waals surface area contributed by atoms with E-state index in [4.69, 9.17) is 28.9 Å². The van der Waals surface area contributed by atoms with Crippen LogP contribution in [-0.4, -0.2) is 54.4 Å². The van der Waals surface area contributed by atoms with Crippen LogP contribution in [0.5, 0.6) is 23.0 Å². The highest BCUT2D eigenvalue weighted by Gasteiger charge is 2.34. The van der Waals surface area contributed by atoms with Crippen LogP contribution < -0.4 is 23.8 Å². The number of pyridine rings is 1. The summed E-state index contributed by atoms with van der Waals surface area (Å²) in [4.78, 5) is 37.9. The third-order valence-electron chi connectivity index (χ3n) is 12.8. The first-order chi connectivity index (χ1) is 33.3. The molecule has 372 valence electrons. The molecule has 0 fully saturated rings. The van der Waals surface area contributed by atoms with Gasteiger partial charge in [0.25, 0.3) is 0 Å². The number of aliphatic hydroxyl groups is 1. The minimum Gasteiger partial charge on any atom is -0.493 e. The van der Waals surface area contributed by atoms with Crippen molar-refractivity contribution in [3.8, 4) is 23.0 Å². The summed E-state index contributed by atoms with van der Waals surface area (Å²) in [6, 6.07) is 29.4. The molecule has 4 unspecified atom stereocenters. The van der Waals surface area contributed by atoms with Gasteiger partial charge in [-0.3, -0.25) is 19.6 Å². The van der Waals surface area contributed by atoms with Crippen molar-refractivity contribution >= 4 is 29.2 Å². The van der Waals surface area contributed by atoms with E-state index in [1.807, 2.05) is 63.1 Å². The summed E-state index contributed by atoms with van der Waals surface area (Å²) < 4.78 is 24.3. The number of aromatic nitrogens is 1. The second-order valence-corrected chi connectivity index (χ2v) is 17.8. The van der Waals surface area contributed by atoms with Crippen LogP contribution in [0.1, 0.15) is 150 Å². The van der Waals surface area contributed by atoms with Crippen molar-refractivity contribution < 1.29 is 33.6 Å². The Balaban J connectivity index is 0.00000511. The van der Waals surface area contributed by atoms with Crippen molar-refractivity contribution in [2.45, 2.75) is 147 Å². The fourth-order valence-corrected chi connectivity index (χ4v) is 8.88. The Morgan fingerprint density at radius 3 is 1.67 bits per heavy atom. The number of nitrogens with zero attached hydrogens (tertiary/aromatic N) is 3. The van der Waals surface area contributed by atoms with Gasteiger partial charge in [-0.15, -0.1) is 0 Å². The van der Waals surface area contributed by atoms with E-state index in [0.717, 1.165) is 38.5 Å². The Labute approximate surface area is 413 Å². The number of Topliss-reactive ketones (excluding diaryl/α,β-unsaturated/α-hetero) is 2. The number of benzene rings is 4. The van der Waals surface area contributed by atoms with Gasteiger partial charge in [0.1, 0.15) is 19.4 Å². The second-order valence-electron chi connectivity index (χ2n) is 17.8. The van der Waals surface area contributed by atoms with Crippen molar-refractivity contribution in [2.75, 3.05) is 19.1 Å². The molecule has 0 saturated heterocycles. The highest BCUT2D eigenvalue weighted by molar-refractivity contribution is 6.01. The molecule has 0 aliphatic carbocycles. The van der Waals surface area contributed by atoms with Gasteiger partial charge in [-0.1, -0.05) is 116 Å². The summed E-state index contributed by atoms with van der Waals surface area (Å²) in [5, 5.41) is 12.4. The number of rotatable bonds is 26. The number of hydrogen-bond donors (Lipinski definition) is 1. The number of carbonyl (C=O) groups is 2. The first-order valence-electron chi connectivity index (χ1n) is 25.1. The number of ether oxygens (including phenoxy) is 4. The fourth-order valence-electron chi connectivity index (χ4n) is 8.88. The third kappa shape index (κ3) is 15.0.